The SMILES string of the molecule is COC[C@@H](C)Oc1cc(F)cc2ccc(-c3nnc4ccc([C@H](N5CC[C@](C)(N)C5)C(F)(F)F)cn34)nc12.Cl.Cl. The number of nitrogens with two attached hydrogens (primary N) is 1. The van der Waals surface area contributed by atoms with Gasteiger partial charge in [-0.15, -0.1) is 35.0 Å². The zero-order valence-electron chi connectivity index (χ0n) is 22.0. The van der Waals surface area contributed by atoms with E-state index in [2.05, 4.69) is 15.2 Å². The number of halogens is 6. The average Bonchev–Trinajstić information content (AvgIpc) is 3.40. The van der Waals surface area contributed by atoms with Crippen molar-refractivity contribution in [1.29, 1.82) is 0 Å². The van der Waals surface area contributed by atoms with Crippen LogP contribution in [0.5, 0.6) is 5.75 Å². The van der Waals surface area contributed by atoms with E-state index in [4.69, 9.17) is 15.2 Å². The largest absolute Gasteiger partial charge is 0.486 e. The van der Waals surface area contributed by atoms with Crippen molar-refractivity contribution in [3.8, 4) is 17.3 Å². The first kappa shape index (κ1) is 31.8. The molecule has 3 aromatic heterocycles. The molecule has 2 N–H and O–H groups in total. The van der Waals surface area contributed by atoms with E-state index >= 15 is 0 Å². The molecule has 4 heterocycles. The molecule has 1 saturated heterocycles. The van der Waals surface area contributed by atoms with E-state index in [1.54, 1.807) is 26.0 Å². The number of alkyl halides is 3. The lowest BCUT2D eigenvalue weighted by atomic mass is 10.0. The van der Waals surface area contributed by atoms with Crippen LogP contribution in [0.1, 0.15) is 31.9 Å². The van der Waals surface area contributed by atoms with E-state index in [1.807, 2.05) is 0 Å². The molecule has 5 rings (SSSR count). The van der Waals surface area contributed by atoms with Crippen molar-refractivity contribution in [2.75, 3.05) is 26.8 Å². The molecular formula is C26H30Cl2F4N6O2. The lowest BCUT2D eigenvalue weighted by molar-refractivity contribution is -0.184. The van der Waals surface area contributed by atoms with Crippen LogP contribution >= 0.6 is 24.8 Å². The molecule has 0 aliphatic carbocycles. The van der Waals surface area contributed by atoms with Crippen LogP contribution in [0.15, 0.2) is 42.6 Å². The van der Waals surface area contributed by atoms with E-state index in [9.17, 15) is 17.6 Å². The minimum absolute atomic E-state index is 0. The first-order valence-electron chi connectivity index (χ1n) is 12.2. The van der Waals surface area contributed by atoms with Crippen LogP contribution in [-0.4, -0.2) is 69.1 Å². The Labute approximate surface area is 240 Å². The number of rotatable bonds is 7. The van der Waals surface area contributed by atoms with Gasteiger partial charge in [-0.3, -0.25) is 9.30 Å². The predicted molar refractivity (Wildman–Crippen MR) is 148 cm³/mol. The average molecular weight is 605 g/mol. The van der Waals surface area contributed by atoms with Crippen LogP contribution in [0.3, 0.4) is 0 Å². The molecule has 0 spiro atoms. The maximum atomic E-state index is 14.3. The maximum Gasteiger partial charge on any atom is 0.408 e. The summed E-state index contributed by atoms with van der Waals surface area (Å²) in [5.41, 5.74) is 6.58. The number of hydrogen-bond donors (Lipinski definition) is 1. The van der Waals surface area contributed by atoms with Gasteiger partial charge in [0.2, 0.25) is 0 Å². The van der Waals surface area contributed by atoms with Gasteiger partial charge < -0.3 is 15.2 Å². The third-order valence-electron chi connectivity index (χ3n) is 6.63. The molecule has 40 heavy (non-hydrogen) atoms. The third-order valence-corrected chi connectivity index (χ3v) is 6.63. The molecular weight excluding hydrogens is 575 g/mol. The van der Waals surface area contributed by atoms with Crippen LogP contribution in [0.4, 0.5) is 17.6 Å². The summed E-state index contributed by atoms with van der Waals surface area (Å²) in [5.74, 6) is -0.0233. The summed E-state index contributed by atoms with van der Waals surface area (Å²) in [6.45, 7) is 4.18. The number of benzene rings is 1. The summed E-state index contributed by atoms with van der Waals surface area (Å²) in [5, 5.41) is 8.81. The standard InChI is InChI=1S/C26H28F4N6O2.2ClH/c1-15(13-37-3)38-20-11-18(27)10-16-4-6-19(32-22(16)20)24-34-33-21-7-5-17(12-36(21)24)23(26(28,29)30)35-9-8-25(2,31)14-35;;/h4-7,10-12,15,23H,8-9,13-14,31H2,1-3H3;2*1H/t15-,23+,25+;;/m1../s1. The van der Waals surface area contributed by atoms with Crippen LogP contribution in [0.25, 0.3) is 28.1 Å². The van der Waals surface area contributed by atoms with Gasteiger partial charge in [-0.25, -0.2) is 9.37 Å². The summed E-state index contributed by atoms with van der Waals surface area (Å²) >= 11 is 0. The first-order chi connectivity index (χ1) is 17.9. The maximum absolute atomic E-state index is 14.3. The normalized spacial score (nSPS) is 19.3. The molecule has 1 aliphatic rings. The number of ether oxygens (including phenoxy) is 2. The number of hydrogen-bond acceptors (Lipinski definition) is 7. The van der Waals surface area contributed by atoms with Crippen molar-refractivity contribution in [2.45, 2.75) is 44.1 Å². The second kappa shape index (κ2) is 12.0. The van der Waals surface area contributed by atoms with Crippen LogP contribution in [0, 0.1) is 5.82 Å². The van der Waals surface area contributed by atoms with Crippen LogP contribution in [0.2, 0.25) is 0 Å². The lowest BCUT2D eigenvalue weighted by Crippen LogP contribution is -2.43. The van der Waals surface area contributed by atoms with Gasteiger partial charge in [-0.05, 0) is 44.0 Å². The van der Waals surface area contributed by atoms with Crippen molar-refractivity contribution < 1.29 is 27.0 Å². The zero-order chi connectivity index (χ0) is 27.2. The van der Waals surface area contributed by atoms with Gasteiger partial charge >= 0.3 is 6.18 Å². The molecule has 0 amide bonds. The molecule has 0 bridgehead atoms. The van der Waals surface area contributed by atoms with E-state index in [0.29, 0.717) is 28.7 Å². The summed E-state index contributed by atoms with van der Waals surface area (Å²) in [6.07, 6.45) is -3.02. The first-order valence-corrected chi connectivity index (χ1v) is 12.2. The number of pyridine rings is 2. The highest BCUT2D eigenvalue weighted by Gasteiger charge is 2.48. The van der Waals surface area contributed by atoms with Crippen LogP contribution < -0.4 is 10.5 Å². The van der Waals surface area contributed by atoms with Crippen molar-refractivity contribution in [3.05, 3.63) is 54.0 Å². The predicted octanol–water partition coefficient (Wildman–Crippen LogP) is 5.37. The van der Waals surface area contributed by atoms with Gasteiger partial charge in [0.1, 0.15) is 34.9 Å². The molecule has 0 saturated carbocycles. The topological polar surface area (TPSA) is 90.8 Å². The molecule has 0 unspecified atom stereocenters. The highest BCUT2D eigenvalue weighted by Crippen LogP contribution is 2.41. The summed E-state index contributed by atoms with van der Waals surface area (Å²) < 4.78 is 69.5. The van der Waals surface area contributed by atoms with Gasteiger partial charge in [0.15, 0.2) is 11.5 Å². The fourth-order valence-corrected chi connectivity index (χ4v) is 4.96. The second-order valence-corrected chi connectivity index (χ2v) is 10.1. The van der Waals surface area contributed by atoms with Gasteiger partial charge in [-0.1, -0.05) is 12.1 Å². The van der Waals surface area contributed by atoms with E-state index in [1.165, 1.54) is 46.9 Å². The Hall–Kier alpha value is -2.77. The van der Waals surface area contributed by atoms with Crippen molar-refractivity contribution in [3.63, 3.8) is 0 Å². The summed E-state index contributed by atoms with van der Waals surface area (Å²) in [4.78, 5) is 6.00. The van der Waals surface area contributed by atoms with E-state index < -0.39 is 23.6 Å². The summed E-state index contributed by atoms with van der Waals surface area (Å²) in [6, 6.07) is 6.93. The molecule has 218 valence electrons. The monoisotopic (exact) mass is 604 g/mol. The molecule has 1 aromatic carbocycles. The fourth-order valence-electron chi connectivity index (χ4n) is 4.96. The van der Waals surface area contributed by atoms with Gasteiger partial charge in [0.25, 0.3) is 0 Å². The van der Waals surface area contributed by atoms with Crippen LogP contribution in [-0.2, 0) is 4.74 Å². The molecule has 8 nitrogen and oxygen atoms in total. The third kappa shape index (κ3) is 6.41. The Balaban J connectivity index is 0.00000220. The Morgan fingerprint density at radius 3 is 2.52 bits per heavy atom. The smallest absolute Gasteiger partial charge is 0.408 e. The molecule has 0 radical (unpaired) electrons. The van der Waals surface area contributed by atoms with Gasteiger partial charge in [0.05, 0.1) is 6.61 Å². The molecule has 4 aromatic rings. The van der Waals surface area contributed by atoms with E-state index in [-0.39, 0.29) is 67.8 Å². The molecule has 14 heteroatoms. The van der Waals surface area contributed by atoms with Crippen molar-refractivity contribution in [1.82, 2.24) is 24.5 Å². The van der Waals surface area contributed by atoms with Crippen molar-refractivity contribution >= 4 is 41.4 Å². The van der Waals surface area contributed by atoms with Gasteiger partial charge in [0, 0.05) is 43.4 Å². The minimum atomic E-state index is -4.52. The number of aromatic nitrogens is 4. The Morgan fingerprint density at radius 2 is 1.88 bits per heavy atom. The van der Waals surface area contributed by atoms with Crippen molar-refractivity contribution in [2.24, 2.45) is 5.73 Å². The lowest BCUT2D eigenvalue weighted by Gasteiger charge is -2.31. The Bertz CT molecular complexity index is 1480. The molecule has 1 fully saturated rings. The highest BCUT2D eigenvalue weighted by atomic mass is 35.5. The number of likely N-dealkylation sites (tertiary alicyclic amines) is 1. The van der Waals surface area contributed by atoms with Gasteiger partial charge in [-0.2, -0.15) is 13.2 Å². The number of methoxy groups -OCH3 is 1. The number of fused-ring (bicyclic) bond motifs is 2. The second-order valence-electron chi connectivity index (χ2n) is 10.1. The Kier molecular flexibility index (Phi) is 9.52. The fraction of sp³-hybridized carbons (Fsp3) is 0.423. The zero-order valence-corrected chi connectivity index (χ0v) is 23.6. The summed E-state index contributed by atoms with van der Waals surface area (Å²) in [7, 11) is 1.53. The molecule has 3 atom stereocenters. The molecule has 1 aliphatic heterocycles. The quantitative estimate of drug-likeness (QED) is 0.284. The highest BCUT2D eigenvalue weighted by molar-refractivity contribution is 5.86. The minimum Gasteiger partial charge on any atom is -0.486 e. The number of nitrogens with zero attached hydrogens (tertiary/aromatic N) is 5. The Morgan fingerprint density at radius 1 is 1.12 bits per heavy atom. The van der Waals surface area contributed by atoms with E-state index in [0.717, 1.165) is 0 Å².